The summed E-state index contributed by atoms with van der Waals surface area (Å²) in [5.41, 5.74) is 2.22. The second-order valence-corrected chi connectivity index (χ2v) is 14.0. The van der Waals surface area contributed by atoms with E-state index < -0.39 is 41.2 Å². The minimum absolute atomic E-state index is 0.108. The number of oxime groups is 1. The molecule has 0 saturated carbocycles. The number of alkyl halides is 1. The van der Waals surface area contributed by atoms with Crippen LogP contribution in [-0.2, 0) is 35.8 Å². The van der Waals surface area contributed by atoms with Gasteiger partial charge in [0.05, 0.1) is 0 Å². The predicted molar refractivity (Wildman–Crippen MR) is 192 cm³/mol. The number of benzene rings is 2. The molecule has 0 unspecified atom stereocenters. The Kier molecular flexibility index (Phi) is 11.7. The van der Waals surface area contributed by atoms with Gasteiger partial charge in [-0.2, -0.15) is 0 Å². The second-order valence-electron chi connectivity index (χ2n) is 10.9. The first-order valence-corrected chi connectivity index (χ1v) is 18.9. The second kappa shape index (κ2) is 16.5. The lowest BCUT2D eigenvalue weighted by molar-refractivity contribution is -0.154. The number of hydrogen-bond acceptors (Lipinski definition) is 14. The Hall–Kier alpha value is -4.78. The van der Waals surface area contributed by atoms with Crippen LogP contribution in [0.3, 0.4) is 0 Å². The summed E-state index contributed by atoms with van der Waals surface area (Å²) in [6.45, 7) is 1.86. The third-order valence-electron chi connectivity index (χ3n) is 7.53. The van der Waals surface area contributed by atoms with Crippen LogP contribution < -0.4 is 10.6 Å². The van der Waals surface area contributed by atoms with Crippen LogP contribution in [-0.4, -0.2) is 94.9 Å². The molecule has 2 aromatic carbocycles. The third kappa shape index (κ3) is 8.08. The molecule has 0 spiro atoms. The number of rotatable bonds is 14. The molecule has 1 fully saturated rings. The predicted octanol–water partition coefficient (Wildman–Crippen LogP) is 3.36. The SMILES string of the molecule is CCON=C(C(=O)N[C@@H]1C(=O)N2C(C(=O)OC(c3ccccc3)c3ccccc3)=C(CSc3nnnn3C)CS[C@@H]12)c1csc(NC(=O)CCl)n1. The molecule has 2 aliphatic heterocycles. The van der Waals surface area contributed by atoms with Crippen LogP contribution in [0, 0.1) is 0 Å². The average Bonchev–Trinajstić information content (AvgIpc) is 3.80. The highest BCUT2D eigenvalue weighted by Gasteiger charge is 2.55. The van der Waals surface area contributed by atoms with Gasteiger partial charge in [0.25, 0.3) is 11.8 Å². The lowest BCUT2D eigenvalue weighted by Gasteiger charge is -2.49. The van der Waals surface area contributed by atoms with Crippen LogP contribution in [0.1, 0.15) is 29.8 Å². The highest BCUT2D eigenvalue weighted by atomic mass is 35.5. The van der Waals surface area contributed by atoms with Crippen molar-refractivity contribution in [2.45, 2.75) is 29.6 Å². The number of aromatic nitrogens is 5. The minimum Gasteiger partial charge on any atom is -0.448 e. The van der Waals surface area contributed by atoms with Crippen LogP contribution in [0.2, 0.25) is 0 Å². The van der Waals surface area contributed by atoms with Crippen molar-refractivity contribution in [3.63, 3.8) is 0 Å². The number of amides is 3. The normalized spacial score (nSPS) is 17.1. The lowest BCUT2D eigenvalue weighted by atomic mass is 10.0. The van der Waals surface area contributed by atoms with Crippen LogP contribution >= 0.6 is 46.5 Å². The molecule has 0 aliphatic carbocycles. The van der Waals surface area contributed by atoms with Gasteiger partial charge in [0, 0.05) is 23.9 Å². The zero-order valence-electron chi connectivity index (χ0n) is 27.1. The smallest absolute Gasteiger partial charge is 0.356 e. The molecule has 0 radical (unpaired) electrons. The summed E-state index contributed by atoms with van der Waals surface area (Å²) in [5.74, 6) is -1.98. The maximum atomic E-state index is 14.3. The number of aryl methyl sites for hydroxylation is 1. The number of esters is 1. The number of nitrogens with zero attached hydrogens (tertiary/aromatic N) is 7. The van der Waals surface area contributed by atoms with Crippen LogP contribution in [0.5, 0.6) is 0 Å². The maximum Gasteiger partial charge on any atom is 0.356 e. The molecule has 1 saturated heterocycles. The number of thiazole rings is 1. The molecule has 19 heteroatoms. The molecule has 2 aliphatic rings. The van der Waals surface area contributed by atoms with Gasteiger partial charge >= 0.3 is 5.97 Å². The Labute approximate surface area is 309 Å². The standard InChI is InChI=1S/C32H30ClN9O6S3/c1-3-47-38-23(21-17-50-31(34-21)35-22(43)14-33)27(44)36-24-28(45)42-25(20(15-49-29(24)42)16-51-32-37-39-40-41(32)2)30(46)48-26(18-10-6-4-7-11-18)19-12-8-5-9-13-19/h4-13,17,24,26,29H,3,14-16H2,1-2H3,(H,36,44)(H,34,35,43)/t24-,29+/m1/s1. The maximum absolute atomic E-state index is 14.3. The first kappa shape index (κ1) is 36.0. The van der Waals surface area contributed by atoms with E-state index >= 15 is 0 Å². The first-order chi connectivity index (χ1) is 24.8. The van der Waals surface area contributed by atoms with Crippen LogP contribution in [0.25, 0.3) is 0 Å². The minimum atomic E-state index is -0.998. The fourth-order valence-corrected chi connectivity index (χ4v) is 8.27. The monoisotopic (exact) mass is 767 g/mol. The summed E-state index contributed by atoms with van der Waals surface area (Å²) in [4.78, 5) is 64.3. The lowest BCUT2D eigenvalue weighted by Crippen LogP contribution is -2.71. The van der Waals surface area contributed by atoms with Crippen molar-refractivity contribution >= 4 is 81.0 Å². The van der Waals surface area contributed by atoms with Crippen molar-refractivity contribution in [2.75, 3.05) is 29.3 Å². The Balaban J connectivity index is 1.26. The summed E-state index contributed by atoms with van der Waals surface area (Å²) in [6.07, 6.45) is -0.751. The summed E-state index contributed by atoms with van der Waals surface area (Å²) in [7, 11) is 1.71. The zero-order chi connectivity index (χ0) is 35.9. The molecule has 264 valence electrons. The number of anilines is 1. The first-order valence-electron chi connectivity index (χ1n) is 15.4. The number of nitrogens with one attached hydrogen (secondary N) is 2. The summed E-state index contributed by atoms with van der Waals surface area (Å²) < 4.78 is 7.74. The van der Waals surface area contributed by atoms with E-state index in [4.69, 9.17) is 21.2 Å². The van der Waals surface area contributed by atoms with E-state index in [0.717, 1.165) is 22.5 Å². The number of hydrogen-bond donors (Lipinski definition) is 2. The molecular weight excluding hydrogens is 738 g/mol. The van der Waals surface area contributed by atoms with Gasteiger partial charge in [-0.3, -0.25) is 19.3 Å². The molecular formula is C32H30ClN9O6S3. The molecule has 4 aromatic rings. The summed E-state index contributed by atoms with van der Waals surface area (Å²) in [6, 6.07) is 17.7. The Morgan fingerprint density at radius 2 is 1.82 bits per heavy atom. The molecule has 51 heavy (non-hydrogen) atoms. The number of halogens is 1. The Bertz CT molecular complexity index is 1930. The molecule has 4 heterocycles. The van der Waals surface area contributed by atoms with Crippen molar-refractivity contribution in [3.8, 4) is 0 Å². The molecule has 2 atom stereocenters. The largest absolute Gasteiger partial charge is 0.448 e. The number of carbonyl (C=O) groups excluding carboxylic acids is 4. The van der Waals surface area contributed by atoms with Crippen molar-refractivity contribution in [1.82, 2.24) is 35.4 Å². The third-order valence-corrected chi connectivity index (χ3v) is 11.0. The Morgan fingerprint density at radius 3 is 2.45 bits per heavy atom. The van der Waals surface area contributed by atoms with E-state index in [2.05, 4.69) is 36.3 Å². The van der Waals surface area contributed by atoms with Crippen LogP contribution in [0.15, 0.2) is 87.6 Å². The van der Waals surface area contributed by atoms with E-state index in [-0.39, 0.29) is 34.7 Å². The van der Waals surface area contributed by atoms with E-state index in [1.165, 1.54) is 38.5 Å². The molecule has 2 N–H and O–H groups in total. The van der Waals surface area contributed by atoms with Crippen molar-refractivity contribution in [3.05, 3.63) is 94.1 Å². The molecule has 3 amide bonds. The topological polar surface area (TPSA) is 183 Å². The number of fused-ring (bicyclic) bond motifs is 1. The fraction of sp³-hybridized carbons (Fsp3) is 0.281. The van der Waals surface area contributed by atoms with E-state index in [1.807, 2.05) is 60.7 Å². The summed E-state index contributed by atoms with van der Waals surface area (Å²) >= 11 is 9.37. The van der Waals surface area contributed by atoms with Gasteiger partial charge in [-0.1, -0.05) is 77.6 Å². The molecule has 2 aromatic heterocycles. The highest BCUT2D eigenvalue weighted by molar-refractivity contribution is 8.01. The zero-order valence-corrected chi connectivity index (χ0v) is 30.3. The number of carbonyl (C=O) groups is 4. The van der Waals surface area contributed by atoms with Gasteiger partial charge in [0.1, 0.15) is 35.3 Å². The van der Waals surface area contributed by atoms with Crippen molar-refractivity contribution in [2.24, 2.45) is 12.2 Å². The van der Waals surface area contributed by atoms with E-state index in [1.54, 1.807) is 14.0 Å². The van der Waals surface area contributed by atoms with Gasteiger partial charge < -0.3 is 20.2 Å². The van der Waals surface area contributed by atoms with Crippen LogP contribution in [0.4, 0.5) is 5.13 Å². The quantitative estimate of drug-likeness (QED) is 0.0478. The van der Waals surface area contributed by atoms with Gasteiger partial charge in [-0.15, -0.1) is 39.8 Å². The highest BCUT2D eigenvalue weighted by Crippen LogP contribution is 2.42. The number of thioether (sulfide) groups is 2. The average molecular weight is 768 g/mol. The van der Waals surface area contributed by atoms with Gasteiger partial charge in [0.2, 0.25) is 11.1 Å². The Morgan fingerprint density at radius 1 is 1.12 bits per heavy atom. The molecule has 6 rings (SSSR count). The van der Waals surface area contributed by atoms with Gasteiger partial charge in [-0.25, -0.2) is 14.5 Å². The number of tetrazole rings is 1. The number of ether oxygens (including phenoxy) is 1. The van der Waals surface area contributed by atoms with Crippen molar-refractivity contribution in [1.29, 1.82) is 0 Å². The van der Waals surface area contributed by atoms with E-state index in [9.17, 15) is 19.2 Å². The molecule has 15 nitrogen and oxygen atoms in total. The van der Waals surface area contributed by atoms with E-state index in [0.29, 0.717) is 22.2 Å². The number of β-lactam (4-membered cyclic amide) rings is 1. The summed E-state index contributed by atoms with van der Waals surface area (Å²) in [5, 5.41) is 22.4. The van der Waals surface area contributed by atoms with Gasteiger partial charge in [0.15, 0.2) is 16.9 Å². The molecule has 0 bridgehead atoms. The van der Waals surface area contributed by atoms with Crippen molar-refractivity contribution < 1.29 is 28.8 Å². The van der Waals surface area contributed by atoms with Gasteiger partial charge in [-0.05, 0) is 34.1 Å². The fourth-order valence-electron chi connectivity index (χ4n) is 5.16.